The van der Waals surface area contributed by atoms with Crippen molar-refractivity contribution >= 4 is 43.5 Å². The smallest absolute Gasteiger partial charge is 0.243 e. The lowest BCUT2D eigenvalue weighted by Crippen LogP contribution is -2.51. The van der Waals surface area contributed by atoms with Gasteiger partial charge in [-0.3, -0.25) is 13.9 Å². The summed E-state index contributed by atoms with van der Waals surface area (Å²) in [6.45, 7) is 7.02. The summed E-state index contributed by atoms with van der Waals surface area (Å²) in [4.78, 5) is 29.1. The molecule has 0 radical (unpaired) electrons. The van der Waals surface area contributed by atoms with E-state index in [1.54, 1.807) is 17.0 Å². The van der Waals surface area contributed by atoms with Gasteiger partial charge in [0.2, 0.25) is 21.8 Å². The number of nitrogens with zero attached hydrogens (tertiary/aromatic N) is 2. The summed E-state index contributed by atoms with van der Waals surface area (Å²) in [5.41, 5.74) is 3.54. The van der Waals surface area contributed by atoms with Crippen LogP contribution in [0.3, 0.4) is 0 Å². The molecule has 3 aromatic carbocycles. The van der Waals surface area contributed by atoms with Crippen LogP contribution in [0, 0.1) is 5.92 Å². The number of anilines is 1. The third-order valence-electron chi connectivity index (χ3n) is 7.01. The average molecular weight is 657 g/mol. The lowest BCUT2D eigenvalue weighted by molar-refractivity contribution is -0.141. The van der Waals surface area contributed by atoms with E-state index in [1.807, 2.05) is 87.5 Å². The first kappa shape index (κ1) is 33.3. The van der Waals surface area contributed by atoms with Crippen molar-refractivity contribution in [2.75, 3.05) is 23.7 Å². The molecule has 1 atom stereocenters. The van der Waals surface area contributed by atoms with E-state index in [9.17, 15) is 18.0 Å². The maximum atomic E-state index is 13.9. The Balaban J connectivity index is 1.86. The van der Waals surface area contributed by atoms with Gasteiger partial charge in [0.25, 0.3) is 0 Å². The second kappa shape index (κ2) is 15.9. The summed E-state index contributed by atoms with van der Waals surface area (Å²) in [6.07, 6.45) is 2.81. The molecule has 0 unspecified atom stereocenters. The van der Waals surface area contributed by atoms with Gasteiger partial charge >= 0.3 is 0 Å². The number of hydrogen-bond acceptors (Lipinski definition) is 4. The fourth-order valence-electron chi connectivity index (χ4n) is 4.66. The largest absolute Gasteiger partial charge is 0.354 e. The van der Waals surface area contributed by atoms with E-state index in [0.717, 1.165) is 27.6 Å². The SMILES string of the molecule is CCc1ccc(N(CCCC(=O)N(Cc2ccc(Br)cc2)[C@@H](Cc2ccccc2)C(=O)NCC(C)C)S(C)(=O)=O)cc1. The van der Waals surface area contributed by atoms with Crippen molar-refractivity contribution in [3.63, 3.8) is 0 Å². The summed E-state index contributed by atoms with van der Waals surface area (Å²) in [7, 11) is -3.55. The van der Waals surface area contributed by atoms with Crippen molar-refractivity contribution < 1.29 is 18.0 Å². The normalized spacial score (nSPS) is 12.1. The highest BCUT2D eigenvalue weighted by molar-refractivity contribution is 9.10. The molecular formula is C33H42BrN3O4S. The van der Waals surface area contributed by atoms with Crippen molar-refractivity contribution in [3.8, 4) is 0 Å². The number of rotatable bonds is 15. The second-order valence-corrected chi connectivity index (χ2v) is 13.8. The number of nitrogens with one attached hydrogen (secondary N) is 1. The maximum absolute atomic E-state index is 13.9. The Bertz CT molecular complexity index is 1400. The van der Waals surface area contributed by atoms with E-state index in [4.69, 9.17) is 0 Å². The van der Waals surface area contributed by atoms with Crippen LogP contribution in [0.4, 0.5) is 5.69 Å². The molecule has 42 heavy (non-hydrogen) atoms. The topological polar surface area (TPSA) is 86.8 Å². The van der Waals surface area contributed by atoms with E-state index in [0.29, 0.717) is 25.1 Å². The molecule has 0 aliphatic heterocycles. The molecule has 226 valence electrons. The number of halogens is 1. The Morgan fingerprint density at radius 3 is 2.07 bits per heavy atom. The highest BCUT2D eigenvalue weighted by atomic mass is 79.9. The summed E-state index contributed by atoms with van der Waals surface area (Å²) in [6, 6.07) is 24.1. The molecule has 0 aliphatic carbocycles. The van der Waals surface area contributed by atoms with Crippen molar-refractivity contribution in [2.45, 2.75) is 59.0 Å². The Labute approximate surface area is 259 Å². The zero-order valence-electron chi connectivity index (χ0n) is 24.9. The number of hydrogen-bond donors (Lipinski definition) is 1. The minimum absolute atomic E-state index is 0.0956. The highest BCUT2D eigenvalue weighted by Crippen LogP contribution is 2.21. The predicted octanol–water partition coefficient (Wildman–Crippen LogP) is 5.97. The van der Waals surface area contributed by atoms with E-state index in [2.05, 4.69) is 21.2 Å². The molecule has 0 heterocycles. The second-order valence-electron chi connectivity index (χ2n) is 11.0. The molecule has 0 bridgehead atoms. The Morgan fingerprint density at radius 2 is 1.50 bits per heavy atom. The monoisotopic (exact) mass is 655 g/mol. The lowest BCUT2D eigenvalue weighted by Gasteiger charge is -2.32. The number of amides is 2. The van der Waals surface area contributed by atoms with Crippen LogP contribution in [0.25, 0.3) is 0 Å². The van der Waals surface area contributed by atoms with Gasteiger partial charge in [0, 0.05) is 36.9 Å². The maximum Gasteiger partial charge on any atom is 0.243 e. The zero-order valence-corrected chi connectivity index (χ0v) is 27.3. The highest BCUT2D eigenvalue weighted by Gasteiger charge is 2.30. The quantitative estimate of drug-likeness (QED) is 0.219. The lowest BCUT2D eigenvalue weighted by atomic mass is 10.0. The number of carbonyl (C=O) groups is 2. The van der Waals surface area contributed by atoms with Crippen LogP contribution in [-0.2, 0) is 39.0 Å². The first-order valence-corrected chi connectivity index (χ1v) is 17.0. The fraction of sp³-hybridized carbons (Fsp3) is 0.394. The molecule has 0 aliphatic rings. The molecule has 3 aromatic rings. The number of sulfonamides is 1. The first-order chi connectivity index (χ1) is 20.0. The fourth-order valence-corrected chi connectivity index (χ4v) is 5.89. The van der Waals surface area contributed by atoms with Crippen LogP contribution in [0.1, 0.15) is 50.3 Å². The van der Waals surface area contributed by atoms with Crippen molar-refractivity contribution in [2.24, 2.45) is 5.92 Å². The van der Waals surface area contributed by atoms with Gasteiger partial charge in [0.15, 0.2) is 0 Å². The van der Waals surface area contributed by atoms with Gasteiger partial charge in [-0.25, -0.2) is 8.42 Å². The van der Waals surface area contributed by atoms with Crippen molar-refractivity contribution in [1.29, 1.82) is 0 Å². The van der Waals surface area contributed by atoms with Gasteiger partial charge < -0.3 is 10.2 Å². The van der Waals surface area contributed by atoms with Gasteiger partial charge in [0.05, 0.1) is 11.9 Å². The third-order valence-corrected chi connectivity index (χ3v) is 8.73. The number of benzene rings is 3. The van der Waals surface area contributed by atoms with Crippen LogP contribution >= 0.6 is 15.9 Å². The van der Waals surface area contributed by atoms with Crippen molar-refractivity contribution in [1.82, 2.24) is 10.2 Å². The Kier molecular flexibility index (Phi) is 12.6. The van der Waals surface area contributed by atoms with Gasteiger partial charge in [-0.1, -0.05) is 91.3 Å². The predicted molar refractivity (Wildman–Crippen MR) is 174 cm³/mol. The first-order valence-electron chi connectivity index (χ1n) is 14.4. The van der Waals surface area contributed by atoms with Gasteiger partial charge in [-0.2, -0.15) is 0 Å². The molecule has 9 heteroatoms. The number of aryl methyl sites for hydroxylation is 1. The van der Waals surface area contributed by atoms with E-state index in [-0.39, 0.29) is 37.2 Å². The molecule has 7 nitrogen and oxygen atoms in total. The Hall–Kier alpha value is -3.17. The van der Waals surface area contributed by atoms with Crippen LogP contribution in [0.15, 0.2) is 83.3 Å². The van der Waals surface area contributed by atoms with Crippen LogP contribution in [0.5, 0.6) is 0 Å². The van der Waals surface area contributed by atoms with Crippen LogP contribution in [-0.4, -0.2) is 50.5 Å². The molecule has 0 saturated heterocycles. The summed E-state index contributed by atoms with van der Waals surface area (Å²) < 4.78 is 27.6. The van der Waals surface area contributed by atoms with Gasteiger partial charge in [-0.05, 0) is 59.7 Å². The number of carbonyl (C=O) groups excluding carboxylic acids is 2. The van der Waals surface area contributed by atoms with Gasteiger partial charge in [-0.15, -0.1) is 0 Å². The molecule has 0 spiro atoms. The zero-order chi connectivity index (χ0) is 30.7. The summed E-state index contributed by atoms with van der Waals surface area (Å²) >= 11 is 3.46. The van der Waals surface area contributed by atoms with Crippen LogP contribution in [0.2, 0.25) is 0 Å². The molecule has 0 aromatic heterocycles. The minimum Gasteiger partial charge on any atom is -0.354 e. The molecular weight excluding hydrogens is 614 g/mol. The van der Waals surface area contributed by atoms with E-state index >= 15 is 0 Å². The molecule has 3 rings (SSSR count). The average Bonchev–Trinajstić information content (AvgIpc) is 2.96. The van der Waals surface area contributed by atoms with E-state index in [1.165, 1.54) is 10.6 Å². The summed E-state index contributed by atoms with van der Waals surface area (Å²) in [5.74, 6) is -0.143. The van der Waals surface area contributed by atoms with E-state index < -0.39 is 16.1 Å². The Morgan fingerprint density at radius 1 is 0.881 bits per heavy atom. The third kappa shape index (κ3) is 10.3. The molecule has 0 saturated carbocycles. The van der Waals surface area contributed by atoms with Gasteiger partial charge in [0.1, 0.15) is 6.04 Å². The molecule has 2 amide bonds. The van der Waals surface area contributed by atoms with Crippen molar-refractivity contribution in [3.05, 3.63) is 100 Å². The minimum atomic E-state index is -3.55. The summed E-state index contributed by atoms with van der Waals surface area (Å²) in [5, 5.41) is 3.03. The molecule has 0 fully saturated rings. The standard InChI is InChI=1S/C33H42BrN3O4S/c1-5-26-15-19-30(20-16-26)37(42(4,40)41)21-9-12-32(38)36(24-28-13-17-29(34)18-14-28)31(33(39)35-23-25(2)3)22-27-10-7-6-8-11-27/h6-8,10-11,13-20,25,31H,5,9,12,21-24H2,1-4H3,(H,35,39)/t31-/m0/s1. The van der Waals surface area contributed by atoms with Crippen LogP contribution < -0.4 is 9.62 Å². The molecule has 1 N–H and O–H groups in total.